The summed E-state index contributed by atoms with van der Waals surface area (Å²) in [5.41, 5.74) is 1.46. The number of amides is 1. The summed E-state index contributed by atoms with van der Waals surface area (Å²) < 4.78 is 38.1. The molecule has 1 amide bonds. The van der Waals surface area contributed by atoms with Crippen LogP contribution in [0.1, 0.15) is 18.9 Å². The van der Waals surface area contributed by atoms with E-state index < -0.39 is 10.0 Å². The van der Waals surface area contributed by atoms with Gasteiger partial charge in [0.2, 0.25) is 5.91 Å². The first-order valence-corrected chi connectivity index (χ1v) is 11.5. The lowest BCUT2D eigenvalue weighted by Gasteiger charge is -2.11. The minimum absolute atomic E-state index is 0.0719. The average molecular weight is 456 g/mol. The van der Waals surface area contributed by atoms with Crippen molar-refractivity contribution in [1.29, 1.82) is 0 Å². The molecule has 0 radical (unpaired) electrons. The monoisotopic (exact) mass is 455 g/mol. The molecule has 0 aliphatic carbocycles. The van der Waals surface area contributed by atoms with E-state index in [0.29, 0.717) is 30.2 Å². The molecule has 0 aliphatic rings. The van der Waals surface area contributed by atoms with Gasteiger partial charge in [0.15, 0.2) is 11.5 Å². The van der Waals surface area contributed by atoms with Crippen molar-refractivity contribution in [3.63, 3.8) is 0 Å². The molecule has 0 saturated heterocycles. The Balaban J connectivity index is 1.57. The fourth-order valence-electron chi connectivity index (χ4n) is 2.96. The number of nitrogens with zero attached hydrogens (tertiary/aromatic N) is 1. The molecule has 9 heteroatoms. The second-order valence-corrected chi connectivity index (χ2v) is 8.49. The largest absolute Gasteiger partial charge is 0.493 e. The second kappa shape index (κ2) is 10.6. The minimum Gasteiger partial charge on any atom is -0.493 e. The molecule has 8 nitrogen and oxygen atoms in total. The number of hydrogen-bond acceptors (Lipinski definition) is 6. The van der Waals surface area contributed by atoms with E-state index in [4.69, 9.17) is 9.47 Å². The average Bonchev–Trinajstić information content (AvgIpc) is 2.79. The first kappa shape index (κ1) is 23.1. The third kappa shape index (κ3) is 6.21. The van der Waals surface area contributed by atoms with Crippen molar-refractivity contribution >= 4 is 27.4 Å². The third-order valence-corrected chi connectivity index (χ3v) is 5.89. The molecule has 0 aliphatic heterocycles. The van der Waals surface area contributed by atoms with Crippen molar-refractivity contribution in [3.05, 3.63) is 72.4 Å². The smallest absolute Gasteiger partial charge is 0.263 e. The van der Waals surface area contributed by atoms with Gasteiger partial charge in [0.1, 0.15) is 5.82 Å². The van der Waals surface area contributed by atoms with E-state index in [9.17, 15) is 13.2 Å². The van der Waals surface area contributed by atoms with Crippen LogP contribution in [0.5, 0.6) is 11.5 Å². The standard InChI is InChI=1S/C23H25N3O5S/c1-3-31-20-13-7-17(16-21(20)30-2)8-14-23(27)25-18-9-11-19(12-10-18)32(28,29)26-22-6-4-5-15-24-22/h4-7,9-13,15-16H,3,8,14H2,1-2H3,(H,24,26)(H,25,27). The van der Waals surface area contributed by atoms with E-state index in [2.05, 4.69) is 15.0 Å². The molecule has 0 spiro atoms. The van der Waals surface area contributed by atoms with Gasteiger partial charge in [0.05, 0.1) is 18.6 Å². The molecular formula is C23H25N3O5S. The number of ether oxygens (including phenoxy) is 2. The number of sulfonamides is 1. The van der Waals surface area contributed by atoms with E-state index in [0.717, 1.165) is 5.56 Å². The molecule has 32 heavy (non-hydrogen) atoms. The van der Waals surface area contributed by atoms with Gasteiger partial charge in [0, 0.05) is 18.3 Å². The van der Waals surface area contributed by atoms with Gasteiger partial charge >= 0.3 is 0 Å². The van der Waals surface area contributed by atoms with E-state index in [-0.39, 0.29) is 23.0 Å². The topological polar surface area (TPSA) is 107 Å². The number of carbonyl (C=O) groups is 1. The Labute approximate surface area is 187 Å². The van der Waals surface area contributed by atoms with Crippen molar-refractivity contribution in [2.24, 2.45) is 0 Å². The summed E-state index contributed by atoms with van der Waals surface area (Å²) >= 11 is 0. The van der Waals surface area contributed by atoms with Crippen LogP contribution in [0.4, 0.5) is 11.5 Å². The van der Waals surface area contributed by atoms with Crippen LogP contribution in [-0.4, -0.2) is 33.0 Å². The van der Waals surface area contributed by atoms with Gasteiger partial charge in [-0.3, -0.25) is 9.52 Å². The summed E-state index contributed by atoms with van der Waals surface area (Å²) in [5, 5.41) is 2.78. The zero-order valence-corrected chi connectivity index (χ0v) is 18.7. The molecule has 2 N–H and O–H groups in total. The fraction of sp³-hybridized carbons (Fsp3) is 0.217. The number of aromatic nitrogens is 1. The second-order valence-electron chi connectivity index (χ2n) is 6.81. The molecule has 3 rings (SSSR count). The maximum atomic E-state index is 12.5. The van der Waals surface area contributed by atoms with Crippen molar-refractivity contribution in [3.8, 4) is 11.5 Å². The Kier molecular flexibility index (Phi) is 7.67. The molecule has 2 aromatic carbocycles. The summed E-state index contributed by atoms with van der Waals surface area (Å²) in [6, 6.07) is 16.5. The van der Waals surface area contributed by atoms with Crippen LogP contribution >= 0.6 is 0 Å². The van der Waals surface area contributed by atoms with Crippen molar-refractivity contribution in [2.75, 3.05) is 23.8 Å². The number of pyridine rings is 1. The van der Waals surface area contributed by atoms with Crippen molar-refractivity contribution in [2.45, 2.75) is 24.7 Å². The zero-order chi connectivity index (χ0) is 23.0. The van der Waals surface area contributed by atoms with Crippen LogP contribution in [0.3, 0.4) is 0 Å². The molecule has 168 valence electrons. The maximum absolute atomic E-state index is 12.5. The minimum atomic E-state index is -3.77. The Morgan fingerprint density at radius 2 is 1.81 bits per heavy atom. The number of nitrogens with one attached hydrogen (secondary N) is 2. The van der Waals surface area contributed by atoms with Crippen LogP contribution in [0, 0.1) is 0 Å². The summed E-state index contributed by atoms with van der Waals surface area (Å²) in [6.45, 7) is 2.44. The highest BCUT2D eigenvalue weighted by atomic mass is 32.2. The van der Waals surface area contributed by atoms with Crippen LogP contribution in [0.25, 0.3) is 0 Å². The molecule has 0 fully saturated rings. The van der Waals surface area contributed by atoms with Crippen LogP contribution in [0.15, 0.2) is 71.8 Å². The summed E-state index contributed by atoms with van der Waals surface area (Å²) in [6.07, 6.45) is 2.29. The van der Waals surface area contributed by atoms with E-state index in [1.807, 2.05) is 25.1 Å². The molecule has 3 aromatic rings. The SMILES string of the molecule is CCOc1ccc(CCC(=O)Nc2ccc(S(=O)(=O)Nc3ccccn3)cc2)cc1OC. The van der Waals surface area contributed by atoms with E-state index >= 15 is 0 Å². The predicted molar refractivity (Wildman–Crippen MR) is 123 cm³/mol. The van der Waals surface area contributed by atoms with Gasteiger partial charge in [-0.1, -0.05) is 12.1 Å². The summed E-state index contributed by atoms with van der Waals surface area (Å²) in [4.78, 5) is 16.4. The van der Waals surface area contributed by atoms with Crippen LogP contribution < -0.4 is 19.5 Å². The lowest BCUT2D eigenvalue weighted by molar-refractivity contribution is -0.116. The molecule has 1 heterocycles. The van der Waals surface area contributed by atoms with Gasteiger partial charge in [-0.15, -0.1) is 0 Å². The summed E-state index contributed by atoms with van der Waals surface area (Å²) in [5.74, 6) is 1.34. The number of benzene rings is 2. The predicted octanol–water partition coefficient (Wildman–Crippen LogP) is 3.86. The number of hydrogen-bond donors (Lipinski definition) is 2. The number of anilines is 2. The molecular weight excluding hydrogens is 430 g/mol. The molecule has 0 unspecified atom stereocenters. The molecule has 0 bridgehead atoms. The Morgan fingerprint density at radius 1 is 1.03 bits per heavy atom. The van der Waals surface area contributed by atoms with Gasteiger partial charge in [-0.25, -0.2) is 13.4 Å². The van der Waals surface area contributed by atoms with Crippen molar-refractivity contribution in [1.82, 2.24) is 4.98 Å². The highest BCUT2D eigenvalue weighted by Gasteiger charge is 2.15. The fourth-order valence-corrected chi connectivity index (χ4v) is 3.97. The normalized spacial score (nSPS) is 10.9. The quantitative estimate of drug-likeness (QED) is 0.481. The number of carbonyl (C=O) groups excluding carboxylic acids is 1. The Morgan fingerprint density at radius 3 is 2.47 bits per heavy atom. The number of methoxy groups -OCH3 is 1. The highest BCUT2D eigenvalue weighted by Crippen LogP contribution is 2.28. The maximum Gasteiger partial charge on any atom is 0.263 e. The van der Waals surface area contributed by atoms with Crippen LogP contribution in [0.2, 0.25) is 0 Å². The van der Waals surface area contributed by atoms with Gasteiger partial charge in [-0.2, -0.15) is 0 Å². The Bertz CT molecular complexity index is 1150. The van der Waals surface area contributed by atoms with E-state index in [1.165, 1.54) is 18.3 Å². The van der Waals surface area contributed by atoms with Gasteiger partial charge in [-0.05, 0) is 67.4 Å². The number of aryl methyl sites for hydroxylation is 1. The summed E-state index contributed by atoms with van der Waals surface area (Å²) in [7, 11) is -2.19. The Hall–Kier alpha value is -3.59. The highest BCUT2D eigenvalue weighted by molar-refractivity contribution is 7.92. The van der Waals surface area contributed by atoms with Crippen molar-refractivity contribution < 1.29 is 22.7 Å². The lowest BCUT2D eigenvalue weighted by Crippen LogP contribution is -2.15. The number of rotatable bonds is 10. The first-order valence-electron chi connectivity index (χ1n) is 10.0. The molecule has 1 aromatic heterocycles. The first-order chi connectivity index (χ1) is 15.4. The van der Waals surface area contributed by atoms with E-state index in [1.54, 1.807) is 37.4 Å². The molecule has 0 atom stereocenters. The lowest BCUT2D eigenvalue weighted by atomic mass is 10.1. The zero-order valence-electron chi connectivity index (χ0n) is 17.9. The molecule has 0 saturated carbocycles. The van der Waals surface area contributed by atoms with Gasteiger partial charge in [0.25, 0.3) is 10.0 Å². The van der Waals surface area contributed by atoms with Crippen LogP contribution in [-0.2, 0) is 21.2 Å². The third-order valence-electron chi connectivity index (χ3n) is 4.52. The van der Waals surface area contributed by atoms with Gasteiger partial charge < -0.3 is 14.8 Å².